The summed E-state index contributed by atoms with van der Waals surface area (Å²) in [5.41, 5.74) is 8.37. The summed E-state index contributed by atoms with van der Waals surface area (Å²) in [6, 6.07) is 35.8. The fourth-order valence-corrected chi connectivity index (χ4v) is 8.15. The molecule has 2 aromatic heterocycles. The largest absolute Gasteiger partial charge is 0.351 e. The number of hydrogen-bond acceptors (Lipinski definition) is 4. The zero-order chi connectivity index (χ0) is 35.0. The third kappa shape index (κ3) is 7.02. The van der Waals surface area contributed by atoms with Gasteiger partial charge in [0.2, 0.25) is 0 Å². The Morgan fingerprint density at radius 3 is 1.72 bits per heavy atom. The average Bonchev–Trinajstić information content (AvgIpc) is 3.08. The van der Waals surface area contributed by atoms with Gasteiger partial charge in [0, 0.05) is 34.5 Å². The highest BCUT2D eigenvalue weighted by Crippen LogP contribution is 2.46. The second-order valence-corrected chi connectivity index (χ2v) is 15.3. The van der Waals surface area contributed by atoms with Gasteiger partial charge in [0.15, 0.2) is 0 Å². The molecule has 0 bridgehead atoms. The smallest absolute Gasteiger partial charge is 0.252 e. The Bertz CT molecular complexity index is 2260. The summed E-state index contributed by atoms with van der Waals surface area (Å²) in [6.07, 6.45) is 2.53. The predicted octanol–water partition coefficient (Wildman–Crippen LogP) is 9.48. The van der Waals surface area contributed by atoms with E-state index >= 15 is 0 Å². The van der Waals surface area contributed by atoms with Crippen molar-refractivity contribution in [3.8, 4) is 22.5 Å². The van der Waals surface area contributed by atoms with Gasteiger partial charge in [-0.1, -0.05) is 105 Å². The van der Waals surface area contributed by atoms with Crippen LogP contribution >= 0.6 is 0 Å². The van der Waals surface area contributed by atoms with Crippen molar-refractivity contribution in [2.45, 2.75) is 59.9 Å². The van der Waals surface area contributed by atoms with Crippen molar-refractivity contribution in [1.29, 1.82) is 0 Å². The molecule has 0 spiro atoms. The van der Waals surface area contributed by atoms with Crippen LogP contribution < -0.4 is 10.6 Å². The van der Waals surface area contributed by atoms with E-state index in [1.54, 1.807) is 0 Å². The number of rotatable bonds is 7. The molecule has 252 valence electrons. The first-order chi connectivity index (χ1) is 24.0. The minimum Gasteiger partial charge on any atom is -0.351 e. The maximum absolute atomic E-state index is 14.1. The summed E-state index contributed by atoms with van der Waals surface area (Å²) in [4.78, 5) is 37.9. The number of hydrogen-bond donors (Lipinski definition) is 2. The number of amides is 2. The molecule has 6 aromatic rings. The SMILES string of the molecule is Cc1cccc(-c2cc(C(=O)NC[C@@]3(C)C[C@H](NC(=O)c4cc(-c5cccc(C)c5)nc5ccccc45)CC(C)(C)C3)c3ccccc3n2)c1. The molecule has 1 fully saturated rings. The lowest BCUT2D eigenvalue weighted by Crippen LogP contribution is -2.50. The van der Waals surface area contributed by atoms with E-state index < -0.39 is 0 Å². The first-order valence-corrected chi connectivity index (χ1v) is 17.5. The van der Waals surface area contributed by atoms with E-state index in [-0.39, 0.29) is 28.7 Å². The van der Waals surface area contributed by atoms with Crippen LogP contribution in [0.1, 0.15) is 71.9 Å². The van der Waals surface area contributed by atoms with Crippen LogP contribution in [0.3, 0.4) is 0 Å². The Balaban J connectivity index is 1.13. The van der Waals surface area contributed by atoms with E-state index in [0.29, 0.717) is 17.7 Å². The Labute approximate surface area is 294 Å². The van der Waals surface area contributed by atoms with Gasteiger partial charge >= 0.3 is 0 Å². The third-order valence-electron chi connectivity index (χ3n) is 10.0. The van der Waals surface area contributed by atoms with Gasteiger partial charge in [-0.15, -0.1) is 0 Å². The summed E-state index contributed by atoms with van der Waals surface area (Å²) in [5, 5.41) is 8.38. The molecule has 2 amide bonds. The van der Waals surface area contributed by atoms with Crippen molar-refractivity contribution in [2.24, 2.45) is 10.8 Å². The minimum atomic E-state index is -0.232. The van der Waals surface area contributed by atoms with Crippen LogP contribution in [-0.2, 0) is 0 Å². The van der Waals surface area contributed by atoms with E-state index in [1.165, 1.54) is 0 Å². The van der Waals surface area contributed by atoms with Crippen molar-refractivity contribution in [3.63, 3.8) is 0 Å². The number of pyridine rings is 2. The first kappa shape index (κ1) is 33.2. The molecular weight excluding hydrogens is 617 g/mol. The van der Waals surface area contributed by atoms with Crippen LogP contribution in [0.15, 0.2) is 109 Å². The van der Waals surface area contributed by atoms with Gasteiger partial charge in [-0.25, -0.2) is 9.97 Å². The van der Waals surface area contributed by atoms with Gasteiger partial charge in [0.1, 0.15) is 0 Å². The van der Waals surface area contributed by atoms with E-state index in [9.17, 15) is 9.59 Å². The monoisotopic (exact) mass is 660 g/mol. The van der Waals surface area contributed by atoms with Crippen molar-refractivity contribution in [3.05, 3.63) is 131 Å². The maximum Gasteiger partial charge on any atom is 0.252 e. The first-order valence-electron chi connectivity index (χ1n) is 17.5. The highest BCUT2D eigenvalue weighted by atomic mass is 16.2. The molecule has 50 heavy (non-hydrogen) atoms. The van der Waals surface area contributed by atoms with Gasteiger partial charge in [0.05, 0.1) is 33.5 Å². The summed E-state index contributed by atoms with van der Waals surface area (Å²) >= 11 is 0. The molecule has 1 saturated carbocycles. The van der Waals surface area contributed by atoms with E-state index in [4.69, 9.17) is 9.97 Å². The molecule has 6 nitrogen and oxygen atoms in total. The number of aryl methyl sites for hydroxylation is 2. The number of benzene rings is 4. The molecule has 7 rings (SSSR count). The lowest BCUT2D eigenvalue weighted by atomic mass is 9.62. The lowest BCUT2D eigenvalue weighted by Gasteiger charge is -2.47. The quantitative estimate of drug-likeness (QED) is 0.179. The van der Waals surface area contributed by atoms with Gasteiger partial charge in [-0.2, -0.15) is 0 Å². The average molecular weight is 661 g/mol. The third-order valence-corrected chi connectivity index (χ3v) is 10.0. The van der Waals surface area contributed by atoms with Crippen LogP contribution in [0.4, 0.5) is 0 Å². The predicted molar refractivity (Wildman–Crippen MR) is 203 cm³/mol. The minimum absolute atomic E-state index is 0.0373. The molecule has 0 radical (unpaired) electrons. The van der Waals surface area contributed by atoms with Crippen LogP contribution in [-0.4, -0.2) is 34.4 Å². The molecule has 2 heterocycles. The topological polar surface area (TPSA) is 84.0 Å². The summed E-state index contributed by atoms with van der Waals surface area (Å²) < 4.78 is 0. The summed E-state index contributed by atoms with van der Waals surface area (Å²) in [7, 11) is 0. The number of aromatic nitrogens is 2. The Kier molecular flexibility index (Phi) is 8.73. The number of para-hydroxylation sites is 2. The van der Waals surface area contributed by atoms with Crippen molar-refractivity contribution < 1.29 is 9.59 Å². The lowest BCUT2D eigenvalue weighted by molar-refractivity contribution is 0.0593. The Morgan fingerprint density at radius 1 is 0.660 bits per heavy atom. The van der Waals surface area contributed by atoms with Gasteiger partial charge < -0.3 is 10.6 Å². The Hall–Kier alpha value is -5.36. The Morgan fingerprint density at radius 2 is 1.18 bits per heavy atom. The second-order valence-electron chi connectivity index (χ2n) is 15.3. The molecule has 0 unspecified atom stereocenters. The fourth-order valence-electron chi connectivity index (χ4n) is 8.15. The highest BCUT2D eigenvalue weighted by molar-refractivity contribution is 6.08. The van der Waals surface area contributed by atoms with Crippen molar-refractivity contribution in [1.82, 2.24) is 20.6 Å². The molecule has 2 atom stereocenters. The second kappa shape index (κ2) is 13.2. The molecule has 0 aliphatic heterocycles. The van der Waals surface area contributed by atoms with Crippen LogP contribution in [0.25, 0.3) is 44.3 Å². The van der Waals surface area contributed by atoms with Crippen LogP contribution in [0, 0.1) is 24.7 Å². The van der Waals surface area contributed by atoms with Gasteiger partial charge in [-0.3, -0.25) is 9.59 Å². The van der Waals surface area contributed by atoms with Crippen molar-refractivity contribution in [2.75, 3.05) is 6.54 Å². The zero-order valence-corrected chi connectivity index (χ0v) is 29.5. The number of carbonyl (C=O) groups is 2. The van der Waals surface area contributed by atoms with Crippen LogP contribution in [0.5, 0.6) is 0 Å². The van der Waals surface area contributed by atoms with E-state index in [2.05, 4.69) is 69.5 Å². The molecule has 1 aliphatic carbocycles. The molecule has 2 N–H and O–H groups in total. The maximum atomic E-state index is 14.1. The van der Waals surface area contributed by atoms with Gasteiger partial charge in [0.25, 0.3) is 11.8 Å². The van der Waals surface area contributed by atoms with Gasteiger partial charge in [-0.05, 0) is 80.3 Å². The number of nitrogens with one attached hydrogen (secondary N) is 2. The van der Waals surface area contributed by atoms with Crippen molar-refractivity contribution >= 4 is 33.6 Å². The number of fused-ring (bicyclic) bond motifs is 2. The summed E-state index contributed by atoms with van der Waals surface area (Å²) in [6.45, 7) is 11.4. The normalized spacial score (nSPS) is 18.5. The van der Waals surface area contributed by atoms with Crippen LogP contribution in [0.2, 0.25) is 0 Å². The number of nitrogens with zero attached hydrogens (tertiary/aromatic N) is 2. The molecule has 1 aliphatic rings. The molecule has 6 heteroatoms. The summed E-state index contributed by atoms with van der Waals surface area (Å²) in [5.74, 6) is -0.215. The molecular formula is C44H44N4O2. The highest BCUT2D eigenvalue weighted by Gasteiger charge is 2.42. The number of carbonyl (C=O) groups excluding carboxylic acids is 2. The van der Waals surface area contributed by atoms with E-state index in [1.807, 2.05) is 84.9 Å². The molecule has 4 aromatic carbocycles. The molecule has 0 saturated heterocycles. The fraction of sp³-hybridized carbons (Fsp3) is 0.273. The van der Waals surface area contributed by atoms with E-state index in [0.717, 1.165) is 74.7 Å². The zero-order valence-electron chi connectivity index (χ0n) is 29.5. The standard InChI is InChI=1S/C44H44N4O2/c1-28-12-10-14-30(20-28)39-22-35(33-16-6-8-18-37(33)47-39)41(49)45-27-44(5)25-32(24-43(3,4)26-44)46-42(50)36-23-40(31-15-11-13-29(2)21-31)48-38-19-9-7-17-34(36)38/h6-23,32H,24-27H2,1-5H3,(H,45,49)(H,46,50)/t32-,44+/m1/s1.